The highest BCUT2D eigenvalue weighted by Crippen LogP contribution is 2.34. The van der Waals surface area contributed by atoms with Crippen molar-refractivity contribution >= 4 is 16.9 Å². The van der Waals surface area contributed by atoms with Gasteiger partial charge in [-0.15, -0.1) is 0 Å². The van der Waals surface area contributed by atoms with Crippen LogP contribution in [0.2, 0.25) is 0 Å². The summed E-state index contributed by atoms with van der Waals surface area (Å²) in [6, 6.07) is 7.85. The molecule has 0 aliphatic carbocycles. The number of aliphatic carboxylic acids is 1. The molecule has 1 aliphatic rings. The lowest BCUT2D eigenvalue weighted by Gasteiger charge is -2.29. The van der Waals surface area contributed by atoms with Crippen molar-refractivity contribution in [3.63, 3.8) is 0 Å². The molecule has 1 aliphatic heterocycles. The summed E-state index contributed by atoms with van der Waals surface area (Å²) < 4.78 is 0. The Balaban J connectivity index is 1.73. The van der Waals surface area contributed by atoms with Gasteiger partial charge in [0.1, 0.15) is 6.04 Å². The summed E-state index contributed by atoms with van der Waals surface area (Å²) in [5, 5.41) is 14.0. The lowest BCUT2D eigenvalue weighted by atomic mass is 9.91. The number of para-hydroxylation sites is 1. The molecule has 1 aromatic heterocycles. The third-order valence-corrected chi connectivity index (χ3v) is 5.15. The van der Waals surface area contributed by atoms with Crippen LogP contribution >= 0.6 is 0 Å². The van der Waals surface area contributed by atoms with E-state index in [1.54, 1.807) is 0 Å². The molecule has 0 spiro atoms. The van der Waals surface area contributed by atoms with E-state index >= 15 is 0 Å². The van der Waals surface area contributed by atoms with Crippen molar-refractivity contribution in [1.29, 1.82) is 0 Å². The molecule has 0 radical (unpaired) electrons. The normalized spacial score (nSPS) is 20.2. The number of benzene rings is 1. The molecule has 2 atom stereocenters. The summed E-state index contributed by atoms with van der Waals surface area (Å²) in [5.41, 5.74) is 3.50. The molecule has 1 aromatic carbocycles. The van der Waals surface area contributed by atoms with Crippen LogP contribution in [0.15, 0.2) is 24.3 Å². The first-order valence-electron chi connectivity index (χ1n) is 9.29. The Morgan fingerprint density at radius 3 is 2.71 bits per heavy atom. The van der Waals surface area contributed by atoms with Crippen molar-refractivity contribution in [3.8, 4) is 0 Å². The SMILES string of the molecule is CCCCCCCC[C@H]1N[C@H](C(=O)O)Cc2c1[nH]c1ccccc21. The molecular weight excluding hydrogens is 300 g/mol. The number of carboxylic acid groups (broad SMARTS) is 1. The lowest BCUT2D eigenvalue weighted by Crippen LogP contribution is -2.44. The van der Waals surface area contributed by atoms with E-state index in [0.29, 0.717) is 6.42 Å². The van der Waals surface area contributed by atoms with Crippen LogP contribution in [0.1, 0.15) is 69.2 Å². The monoisotopic (exact) mass is 328 g/mol. The average molecular weight is 328 g/mol. The van der Waals surface area contributed by atoms with Gasteiger partial charge in [0.2, 0.25) is 0 Å². The number of aromatic nitrogens is 1. The second kappa shape index (κ2) is 7.84. The van der Waals surface area contributed by atoms with Crippen LogP contribution < -0.4 is 5.32 Å². The number of H-pyrrole nitrogens is 1. The number of carbonyl (C=O) groups is 1. The van der Waals surface area contributed by atoms with Crippen LogP contribution in [0.5, 0.6) is 0 Å². The van der Waals surface area contributed by atoms with E-state index in [1.165, 1.54) is 48.7 Å². The van der Waals surface area contributed by atoms with Gasteiger partial charge in [-0.1, -0.05) is 63.6 Å². The maximum atomic E-state index is 11.5. The van der Waals surface area contributed by atoms with Gasteiger partial charge in [-0.05, 0) is 18.1 Å². The van der Waals surface area contributed by atoms with Gasteiger partial charge in [0.05, 0.1) is 0 Å². The van der Waals surface area contributed by atoms with Crippen molar-refractivity contribution in [2.24, 2.45) is 0 Å². The molecule has 0 saturated heterocycles. The van der Waals surface area contributed by atoms with Crippen LogP contribution in [0.3, 0.4) is 0 Å². The highest BCUT2D eigenvalue weighted by atomic mass is 16.4. The Labute approximate surface area is 143 Å². The standard InChI is InChI=1S/C20H28N2O2/c1-2-3-4-5-6-7-12-17-19-15(13-18(21-17)20(23)24)14-10-8-9-11-16(14)22-19/h8-11,17-18,21-22H,2-7,12-13H2,1H3,(H,23,24)/t17-,18+/m1/s1. The molecule has 2 aromatic rings. The van der Waals surface area contributed by atoms with Crippen LogP contribution in [0, 0.1) is 0 Å². The molecule has 0 saturated carbocycles. The topological polar surface area (TPSA) is 65.1 Å². The number of hydrogen-bond donors (Lipinski definition) is 3. The predicted molar refractivity (Wildman–Crippen MR) is 97.3 cm³/mol. The highest BCUT2D eigenvalue weighted by Gasteiger charge is 2.32. The smallest absolute Gasteiger partial charge is 0.321 e. The molecule has 130 valence electrons. The van der Waals surface area contributed by atoms with Crippen LogP contribution in [0.25, 0.3) is 10.9 Å². The Bertz CT molecular complexity index is 692. The molecule has 0 unspecified atom stereocenters. The molecule has 3 rings (SSSR count). The number of nitrogens with one attached hydrogen (secondary N) is 2. The molecule has 4 nitrogen and oxygen atoms in total. The Morgan fingerprint density at radius 2 is 1.92 bits per heavy atom. The van der Waals surface area contributed by atoms with E-state index < -0.39 is 12.0 Å². The largest absolute Gasteiger partial charge is 0.480 e. The first-order valence-corrected chi connectivity index (χ1v) is 9.29. The highest BCUT2D eigenvalue weighted by molar-refractivity contribution is 5.86. The predicted octanol–water partition coefficient (Wildman–Crippen LogP) is 4.56. The van der Waals surface area contributed by atoms with Crippen LogP contribution in [-0.2, 0) is 11.2 Å². The van der Waals surface area contributed by atoms with Crippen molar-refractivity contribution in [2.45, 2.75) is 70.4 Å². The maximum Gasteiger partial charge on any atom is 0.321 e. The molecule has 0 bridgehead atoms. The van der Waals surface area contributed by atoms with E-state index in [9.17, 15) is 9.90 Å². The summed E-state index contributed by atoms with van der Waals surface area (Å²) in [5.74, 6) is -0.751. The average Bonchev–Trinajstić information content (AvgIpc) is 2.96. The maximum absolute atomic E-state index is 11.5. The summed E-state index contributed by atoms with van der Waals surface area (Å²) in [4.78, 5) is 15.1. The Hall–Kier alpha value is -1.81. The first kappa shape index (κ1) is 17.0. The number of fused-ring (bicyclic) bond motifs is 3. The minimum Gasteiger partial charge on any atom is -0.480 e. The fourth-order valence-electron chi connectivity index (χ4n) is 3.84. The minimum absolute atomic E-state index is 0.119. The number of hydrogen-bond acceptors (Lipinski definition) is 2. The van der Waals surface area contributed by atoms with E-state index in [1.807, 2.05) is 12.1 Å². The first-order chi connectivity index (χ1) is 11.7. The fourth-order valence-corrected chi connectivity index (χ4v) is 3.84. The summed E-state index contributed by atoms with van der Waals surface area (Å²) in [7, 11) is 0. The van der Waals surface area contributed by atoms with E-state index in [2.05, 4.69) is 29.4 Å². The Kier molecular flexibility index (Phi) is 5.56. The second-order valence-corrected chi connectivity index (χ2v) is 6.93. The summed E-state index contributed by atoms with van der Waals surface area (Å²) >= 11 is 0. The van der Waals surface area contributed by atoms with Gasteiger partial charge in [-0.3, -0.25) is 10.1 Å². The zero-order valence-electron chi connectivity index (χ0n) is 14.5. The van der Waals surface area contributed by atoms with Gasteiger partial charge in [0.25, 0.3) is 0 Å². The Morgan fingerprint density at radius 1 is 1.17 bits per heavy atom. The van der Waals surface area contributed by atoms with Gasteiger partial charge in [0, 0.05) is 29.1 Å². The third kappa shape index (κ3) is 3.64. The zero-order valence-corrected chi connectivity index (χ0v) is 14.5. The van der Waals surface area contributed by atoms with Gasteiger partial charge < -0.3 is 10.1 Å². The lowest BCUT2D eigenvalue weighted by molar-refractivity contribution is -0.139. The minimum atomic E-state index is -0.751. The fraction of sp³-hybridized carbons (Fsp3) is 0.550. The van der Waals surface area contributed by atoms with Crippen LogP contribution in [-0.4, -0.2) is 22.1 Å². The van der Waals surface area contributed by atoms with Crippen molar-refractivity contribution in [1.82, 2.24) is 10.3 Å². The number of aromatic amines is 1. The van der Waals surface area contributed by atoms with Gasteiger partial charge >= 0.3 is 5.97 Å². The molecule has 0 fully saturated rings. The second-order valence-electron chi connectivity index (χ2n) is 6.93. The zero-order chi connectivity index (χ0) is 16.9. The van der Waals surface area contributed by atoms with Gasteiger partial charge in [-0.25, -0.2) is 0 Å². The van der Waals surface area contributed by atoms with E-state index in [-0.39, 0.29) is 6.04 Å². The molecule has 4 heteroatoms. The molecule has 24 heavy (non-hydrogen) atoms. The molecule has 3 N–H and O–H groups in total. The van der Waals surface area contributed by atoms with E-state index in [0.717, 1.165) is 18.4 Å². The van der Waals surface area contributed by atoms with Crippen molar-refractivity contribution in [2.75, 3.05) is 0 Å². The van der Waals surface area contributed by atoms with Gasteiger partial charge in [0.15, 0.2) is 0 Å². The summed E-state index contributed by atoms with van der Waals surface area (Å²) in [6.45, 7) is 2.23. The van der Waals surface area contributed by atoms with E-state index in [4.69, 9.17) is 0 Å². The van der Waals surface area contributed by atoms with Gasteiger partial charge in [-0.2, -0.15) is 0 Å². The number of rotatable bonds is 8. The van der Waals surface area contributed by atoms with Crippen LogP contribution in [0.4, 0.5) is 0 Å². The van der Waals surface area contributed by atoms with Crippen molar-refractivity contribution in [3.05, 3.63) is 35.5 Å². The summed E-state index contributed by atoms with van der Waals surface area (Å²) in [6.07, 6.45) is 9.09. The van der Waals surface area contributed by atoms with Crippen molar-refractivity contribution < 1.29 is 9.90 Å². The molecule has 2 heterocycles. The number of unbranched alkanes of at least 4 members (excludes halogenated alkanes) is 5. The third-order valence-electron chi connectivity index (χ3n) is 5.15. The quantitative estimate of drug-likeness (QED) is 0.622. The number of carboxylic acids is 1. The molecular formula is C20H28N2O2. The molecule has 0 amide bonds.